The van der Waals surface area contributed by atoms with Gasteiger partial charge in [-0.2, -0.15) is 4.31 Å². The molecule has 8 heteroatoms. The van der Waals surface area contributed by atoms with Crippen LogP contribution >= 0.6 is 11.6 Å². The summed E-state index contributed by atoms with van der Waals surface area (Å²) in [6, 6.07) is 2.17. The Bertz CT molecular complexity index is 622. The fourth-order valence-corrected chi connectivity index (χ4v) is 4.16. The Kier molecular flexibility index (Phi) is 4.36. The third-order valence-corrected chi connectivity index (χ3v) is 5.63. The van der Waals surface area contributed by atoms with E-state index in [1.807, 2.05) is 0 Å². The molecule has 0 spiro atoms. The van der Waals surface area contributed by atoms with Crippen molar-refractivity contribution >= 4 is 21.6 Å². The molecule has 0 aromatic heterocycles. The fraction of sp³-hybridized carbons (Fsp3) is 0.500. The second kappa shape index (κ2) is 5.57. The zero-order chi connectivity index (χ0) is 15.1. The number of benzene rings is 1. The molecule has 0 aliphatic carbocycles. The van der Waals surface area contributed by atoms with Crippen LogP contribution in [0.15, 0.2) is 17.0 Å². The van der Waals surface area contributed by atoms with Gasteiger partial charge in [-0.05, 0) is 24.6 Å². The van der Waals surface area contributed by atoms with Crippen molar-refractivity contribution in [2.75, 3.05) is 20.2 Å². The average molecular weight is 324 g/mol. The minimum absolute atomic E-state index is 0.0345. The van der Waals surface area contributed by atoms with Crippen molar-refractivity contribution < 1.29 is 22.7 Å². The largest absolute Gasteiger partial charge is 0.389 e. The van der Waals surface area contributed by atoms with E-state index in [-0.39, 0.29) is 28.6 Å². The van der Waals surface area contributed by atoms with Gasteiger partial charge in [0.05, 0.1) is 17.2 Å². The molecule has 1 N–H and O–H groups in total. The van der Waals surface area contributed by atoms with Crippen LogP contribution in [0, 0.1) is 12.7 Å². The van der Waals surface area contributed by atoms with E-state index in [4.69, 9.17) is 16.3 Å². The molecule has 1 aliphatic rings. The summed E-state index contributed by atoms with van der Waals surface area (Å²) >= 11 is 5.83. The number of hydrogen-bond donors (Lipinski definition) is 1. The van der Waals surface area contributed by atoms with E-state index >= 15 is 0 Å². The Balaban J connectivity index is 2.39. The standard InChI is InChI=1S/C12H15ClFNO4S/c1-7-3-12(8(13)4-9(7)14)20(17,18)15-5-10(16)11(6-15)19-2/h3-4,10-11,16H,5-6H2,1-2H3/t10-,11-/m0/s1. The molecule has 2 atom stereocenters. The number of aliphatic hydroxyl groups is 1. The van der Waals surface area contributed by atoms with Gasteiger partial charge in [0.25, 0.3) is 0 Å². The van der Waals surface area contributed by atoms with Crippen molar-refractivity contribution in [1.29, 1.82) is 0 Å². The number of aliphatic hydroxyl groups excluding tert-OH is 1. The summed E-state index contributed by atoms with van der Waals surface area (Å²) in [4.78, 5) is -0.165. The highest BCUT2D eigenvalue weighted by Crippen LogP contribution is 2.29. The first-order valence-corrected chi connectivity index (χ1v) is 7.76. The highest BCUT2D eigenvalue weighted by atomic mass is 35.5. The molecule has 0 saturated carbocycles. The number of nitrogens with zero attached hydrogens (tertiary/aromatic N) is 1. The highest BCUT2D eigenvalue weighted by Gasteiger charge is 2.39. The molecule has 1 aromatic carbocycles. The summed E-state index contributed by atoms with van der Waals surface area (Å²) in [6.45, 7) is 1.42. The van der Waals surface area contributed by atoms with Crippen LogP contribution in [0.5, 0.6) is 0 Å². The lowest BCUT2D eigenvalue weighted by Gasteiger charge is -2.17. The summed E-state index contributed by atoms with van der Waals surface area (Å²) < 4.78 is 44.4. The first-order valence-electron chi connectivity index (χ1n) is 5.94. The van der Waals surface area contributed by atoms with Gasteiger partial charge < -0.3 is 9.84 Å². The lowest BCUT2D eigenvalue weighted by atomic mass is 10.2. The molecule has 1 aliphatic heterocycles. The van der Waals surface area contributed by atoms with Crippen LogP contribution in [0.3, 0.4) is 0 Å². The van der Waals surface area contributed by atoms with E-state index in [0.29, 0.717) is 0 Å². The van der Waals surface area contributed by atoms with Crippen LogP contribution in [-0.4, -0.2) is 50.2 Å². The molecule has 5 nitrogen and oxygen atoms in total. The maximum absolute atomic E-state index is 13.4. The number of aryl methyl sites for hydroxylation is 1. The highest BCUT2D eigenvalue weighted by molar-refractivity contribution is 7.89. The second-order valence-corrected chi connectivity index (χ2v) is 7.01. The van der Waals surface area contributed by atoms with Gasteiger partial charge in [0.2, 0.25) is 10.0 Å². The lowest BCUT2D eigenvalue weighted by Crippen LogP contribution is -2.30. The van der Waals surface area contributed by atoms with Crippen molar-refractivity contribution in [1.82, 2.24) is 4.31 Å². The van der Waals surface area contributed by atoms with Crippen LogP contribution in [0.1, 0.15) is 5.56 Å². The van der Waals surface area contributed by atoms with Crippen molar-refractivity contribution in [3.63, 3.8) is 0 Å². The molecule has 1 heterocycles. The van der Waals surface area contributed by atoms with Gasteiger partial charge >= 0.3 is 0 Å². The molecule has 20 heavy (non-hydrogen) atoms. The second-order valence-electron chi connectivity index (χ2n) is 4.70. The normalized spacial score (nSPS) is 24.2. The third-order valence-electron chi connectivity index (χ3n) is 3.34. The summed E-state index contributed by atoms with van der Waals surface area (Å²) in [7, 11) is -2.49. The van der Waals surface area contributed by atoms with Crippen molar-refractivity contribution in [3.05, 3.63) is 28.5 Å². The SMILES string of the molecule is CO[C@H]1CN(S(=O)(=O)c2cc(C)c(F)cc2Cl)C[C@@H]1O. The van der Waals surface area contributed by atoms with Gasteiger partial charge in [-0.3, -0.25) is 0 Å². The number of halogens is 2. The first kappa shape index (κ1) is 15.7. The molecule has 1 aromatic rings. The summed E-state index contributed by atoms with van der Waals surface area (Å²) in [5.74, 6) is -0.565. The molecule has 0 unspecified atom stereocenters. The van der Waals surface area contributed by atoms with Crippen LogP contribution in [0.2, 0.25) is 5.02 Å². The Labute approximate surface area is 122 Å². The molecule has 1 saturated heterocycles. The molecule has 112 valence electrons. The molecular weight excluding hydrogens is 309 g/mol. The van der Waals surface area contributed by atoms with E-state index in [1.54, 1.807) is 0 Å². The van der Waals surface area contributed by atoms with Crippen molar-refractivity contribution in [3.8, 4) is 0 Å². The smallest absolute Gasteiger partial charge is 0.244 e. The number of hydrogen-bond acceptors (Lipinski definition) is 4. The van der Waals surface area contributed by atoms with E-state index in [0.717, 1.165) is 10.4 Å². The Morgan fingerprint density at radius 3 is 2.65 bits per heavy atom. The average Bonchev–Trinajstić information content (AvgIpc) is 2.75. The molecule has 0 radical (unpaired) electrons. The van der Waals surface area contributed by atoms with Gasteiger partial charge in [0.1, 0.15) is 10.7 Å². The number of β-amino-alcohol motifs (C(OH)–C–C–N with tert-alkyl or cyclic N) is 1. The monoisotopic (exact) mass is 323 g/mol. The number of methoxy groups -OCH3 is 1. The van der Waals surface area contributed by atoms with Gasteiger partial charge in [-0.1, -0.05) is 11.6 Å². The maximum atomic E-state index is 13.4. The van der Waals surface area contributed by atoms with E-state index in [9.17, 15) is 17.9 Å². The zero-order valence-corrected chi connectivity index (χ0v) is 12.6. The van der Waals surface area contributed by atoms with E-state index in [2.05, 4.69) is 0 Å². The van der Waals surface area contributed by atoms with Crippen molar-refractivity contribution in [2.24, 2.45) is 0 Å². The third kappa shape index (κ3) is 2.68. The molecule has 2 rings (SSSR count). The first-order chi connectivity index (χ1) is 9.27. The topological polar surface area (TPSA) is 66.8 Å². The lowest BCUT2D eigenvalue weighted by molar-refractivity contribution is 0.0216. The quantitative estimate of drug-likeness (QED) is 0.906. The fourth-order valence-electron chi connectivity index (χ4n) is 2.12. The minimum atomic E-state index is -3.89. The molecule has 0 amide bonds. The van der Waals surface area contributed by atoms with Gasteiger partial charge in [-0.15, -0.1) is 0 Å². The van der Waals surface area contributed by atoms with Crippen LogP contribution in [-0.2, 0) is 14.8 Å². The predicted octanol–water partition coefficient (Wildman–Crippen LogP) is 1.17. The van der Waals surface area contributed by atoms with E-state index < -0.39 is 28.0 Å². The minimum Gasteiger partial charge on any atom is -0.389 e. The Hall–Kier alpha value is -0.730. The summed E-state index contributed by atoms with van der Waals surface area (Å²) in [5.41, 5.74) is 0.191. The van der Waals surface area contributed by atoms with E-state index in [1.165, 1.54) is 20.1 Å². The predicted molar refractivity (Wildman–Crippen MR) is 71.7 cm³/mol. The zero-order valence-electron chi connectivity index (χ0n) is 11.0. The Morgan fingerprint density at radius 1 is 1.45 bits per heavy atom. The van der Waals surface area contributed by atoms with Crippen LogP contribution in [0.25, 0.3) is 0 Å². The van der Waals surface area contributed by atoms with Crippen LogP contribution in [0.4, 0.5) is 4.39 Å². The Morgan fingerprint density at radius 2 is 2.10 bits per heavy atom. The van der Waals surface area contributed by atoms with Crippen molar-refractivity contribution in [2.45, 2.75) is 24.0 Å². The summed E-state index contributed by atoms with van der Waals surface area (Å²) in [5, 5.41) is 9.54. The van der Waals surface area contributed by atoms with Crippen LogP contribution < -0.4 is 0 Å². The van der Waals surface area contributed by atoms with Gasteiger partial charge in [0, 0.05) is 20.2 Å². The van der Waals surface area contributed by atoms with Gasteiger partial charge in [-0.25, -0.2) is 12.8 Å². The number of ether oxygens (including phenoxy) is 1. The number of sulfonamides is 1. The summed E-state index contributed by atoms with van der Waals surface area (Å²) in [6.07, 6.45) is -1.47. The van der Waals surface area contributed by atoms with Gasteiger partial charge in [0.15, 0.2) is 0 Å². The molecular formula is C12H15ClFNO4S. The molecule has 1 fully saturated rings. The molecule has 0 bridgehead atoms. The maximum Gasteiger partial charge on any atom is 0.244 e. The number of rotatable bonds is 3.